The second-order valence-corrected chi connectivity index (χ2v) is 12.4. The first-order valence-electron chi connectivity index (χ1n) is 14.5. The summed E-state index contributed by atoms with van der Waals surface area (Å²) in [5.41, 5.74) is 10.9. The predicted octanol–water partition coefficient (Wildman–Crippen LogP) is 7.37. The van der Waals surface area contributed by atoms with Gasteiger partial charge in [-0.2, -0.15) is 5.10 Å². The highest BCUT2D eigenvalue weighted by molar-refractivity contribution is 7.99. The van der Waals surface area contributed by atoms with Gasteiger partial charge in [0.1, 0.15) is 5.75 Å². The van der Waals surface area contributed by atoms with Gasteiger partial charge in [0.05, 0.1) is 29.6 Å². The largest absolute Gasteiger partial charge is 0.495 e. The normalized spacial score (nSPS) is 14.6. The first-order chi connectivity index (χ1) is 19.9. The number of fused-ring (bicyclic) bond motifs is 10. The Morgan fingerprint density at radius 3 is 2.76 bits per heavy atom. The van der Waals surface area contributed by atoms with Gasteiger partial charge < -0.3 is 19.9 Å². The predicted molar refractivity (Wildman–Crippen MR) is 168 cm³/mol. The van der Waals surface area contributed by atoms with Crippen molar-refractivity contribution in [2.75, 3.05) is 18.2 Å². The fraction of sp³-hybridized carbons (Fsp3) is 0.333. The van der Waals surface area contributed by atoms with E-state index < -0.39 is 0 Å². The molecule has 8 heteroatoms. The van der Waals surface area contributed by atoms with Gasteiger partial charge in [-0.25, -0.2) is 0 Å². The SMILES string of the molecule is CCSc1ccc(OC)c(Nc2ccc3c(c2)c2c4c(c5c(c2n3C(C)CC)CCc2nn(C)cc2-5)C(=O)NC4)c1. The summed E-state index contributed by atoms with van der Waals surface area (Å²) in [5.74, 6) is 1.84. The number of aryl methyl sites for hydroxylation is 3. The number of benzene rings is 3. The number of carbonyl (C=O) groups is 1. The molecule has 0 saturated heterocycles. The maximum absolute atomic E-state index is 13.4. The number of aromatic nitrogens is 3. The number of thioether (sulfide) groups is 1. The summed E-state index contributed by atoms with van der Waals surface area (Å²) >= 11 is 1.81. The van der Waals surface area contributed by atoms with Crippen LogP contribution in [0.2, 0.25) is 0 Å². The number of methoxy groups -OCH3 is 1. The van der Waals surface area contributed by atoms with Crippen molar-refractivity contribution in [3.63, 3.8) is 0 Å². The quantitative estimate of drug-likeness (QED) is 0.202. The Bertz CT molecular complexity index is 1870. The smallest absolute Gasteiger partial charge is 0.252 e. The minimum absolute atomic E-state index is 0.0172. The molecule has 0 saturated carbocycles. The molecule has 0 spiro atoms. The van der Waals surface area contributed by atoms with Gasteiger partial charge in [-0.05, 0) is 79.5 Å². The molecule has 2 aromatic heterocycles. The third kappa shape index (κ3) is 3.95. The van der Waals surface area contributed by atoms with Crippen LogP contribution in [0.15, 0.2) is 47.5 Å². The molecule has 1 aliphatic heterocycles. The Balaban J connectivity index is 1.51. The summed E-state index contributed by atoms with van der Waals surface area (Å²) in [7, 11) is 3.67. The Morgan fingerprint density at radius 1 is 1.12 bits per heavy atom. The van der Waals surface area contributed by atoms with E-state index in [0.717, 1.165) is 70.1 Å². The third-order valence-corrected chi connectivity index (χ3v) is 9.55. The number of nitrogens with one attached hydrogen (secondary N) is 2. The molecule has 7 rings (SSSR count). The van der Waals surface area contributed by atoms with Crippen molar-refractivity contribution in [3.05, 3.63) is 65.0 Å². The second kappa shape index (κ2) is 9.87. The van der Waals surface area contributed by atoms with Crippen LogP contribution < -0.4 is 15.4 Å². The van der Waals surface area contributed by atoms with Crippen LogP contribution >= 0.6 is 11.8 Å². The summed E-state index contributed by atoms with van der Waals surface area (Å²) < 4.78 is 10.1. The number of rotatable bonds is 7. The molecule has 1 amide bonds. The third-order valence-electron chi connectivity index (χ3n) is 8.68. The van der Waals surface area contributed by atoms with Gasteiger partial charge in [0, 0.05) is 63.8 Å². The lowest BCUT2D eigenvalue weighted by atomic mass is 9.82. The van der Waals surface area contributed by atoms with E-state index in [2.05, 4.69) is 72.5 Å². The van der Waals surface area contributed by atoms with Crippen molar-refractivity contribution in [1.82, 2.24) is 19.7 Å². The second-order valence-electron chi connectivity index (χ2n) is 11.1. The topological polar surface area (TPSA) is 73.1 Å². The lowest BCUT2D eigenvalue weighted by molar-refractivity contribution is 0.0966. The summed E-state index contributed by atoms with van der Waals surface area (Å²) in [4.78, 5) is 14.6. The van der Waals surface area contributed by atoms with Crippen molar-refractivity contribution in [2.45, 2.75) is 57.5 Å². The Labute approximate surface area is 244 Å². The molecular formula is C33H35N5O2S. The highest BCUT2D eigenvalue weighted by Gasteiger charge is 2.35. The summed E-state index contributed by atoms with van der Waals surface area (Å²) in [5, 5.41) is 13.9. The van der Waals surface area contributed by atoms with Gasteiger partial charge in [0.25, 0.3) is 5.91 Å². The molecule has 0 radical (unpaired) electrons. The zero-order valence-electron chi connectivity index (χ0n) is 24.2. The minimum Gasteiger partial charge on any atom is -0.495 e. The van der Waals surface area contributed by atoms with Gasteiger partial charge in [0.2, 0.25) is 0 Å². The number of amides is 1. The van der Waals surface area contributed by atoms with E-state index in [1.165, 1.54) is 32.3 Å². The zero-order valence-corrected chi connectivity index (χ0v) is 25.0. The molecule has 2 N–H and O–H groups in total. The van der Waals surface area contributed by atoms with Crippen molar-refractivity contribution >= 4 is 50.8 Å². The fourth-order valence-electron chi connectivity index (χ4n) is 6.77. The molecule has 210 valence electrons. The molecule has 3 aromatic carbocycles. The van der Waals surface area contributed by atoms with E-state index in [-0.39, 0.29) is 5.91 Å². The maximum atomic E-state index is 13.4. The molecule has 3 heterocycles. The Morgan fingerprint density at radius 2 is 1.98 bits per heavy atom. The lowest BCUT2D eigenvalue weighted by Gasteiger charge is -2.23. The van der Waals surface area contributed by atoms with Gasteiger partial charge >= 0.3 is 0 Å². The van der Waals surface area contributed by atoms with Crippen LogP contribution in [0.3, 0.4) is 0 Å². The highest BCUT2D eigenvalue weighted by Crippen LogP contribution is 2.48. The number of nitrogens with zero attached hydrogens (tertiary/aromatic N) is 3. The Kier molecular flexibility index (Phi) is 6.27. The standard InChI is InChI=1S/C33H35N5O2S/c1-6-18(3)38-27-12-8-19(35-26-15-20(41-7-2)9-13-28(26)40-5)14-22(27)30-23-16-34-33(39)31(23)29-21(32(30)38)10-11-25-24(29)17-37(4)36-25/h8-9,12-15,17-18,35H,6-7,10-11,16H2,1-5H3,(H,34,39). The van der Waals surface area contributed by atoms with Crippen LogP contribution in [0.4, 0.5) is 11.4 Å². The number of carbonyl (C=O) groups excluding carboxylic acids is 1. The summed E-state index contributed by atoms with van der Waals surface area (Å²) in [6.45, 7) is 7.24. The van der Waals surface area contributed by atoms with Crippen molar-refractivity contribution in [1.29, 1.82) is 0 Å². The van der Waals surface area contributed by atoms with E-state index in [1.807, 2.05) is 29.6 Å². The molecule has 1 aliphatic carbocycles. The summed E-state index contributed by atoms with van der Waals surface area (Å²) in [6, 6.07) is 13.2. The molecule has 0 bridgehead atoms. The average Bonchev–Trinajstić information content (AvgIpc) is 3.65. The van der Waals surface area contributed by atoms with E-state index in [1.54, 1.807) is 7.11 Å². The molecule has 0 fully saturated rings. The molecule has 1 unspecified atom stereocenters. The zero-order chi connectivity index (χ0) is 28.4. The van der Waals surface area contributed by atoms with Crippen molar-refractivity contribution in [3.8, 4) is 16.9 Å². The van der Waals surface area contributed by atoms with Gasteiger partial charge in [-0.15, -0.1) is 11.8 Å². The number of anilines is 2. The molecule has 7 nitrogen and oxygen atoms in total. The molecule has 1 atom stereocenters. The van der Waals surface area contributed by atoms with Crippen LogP contribution in [0.25, 0.3) is 32.9 Å². The fourth-order valence-corrected chi connectivity index (χ4v) is 7.47. The molecular weight excluding hydrogens is 530 g/mol. The highest BCUT2D eigenvalue weighted by atomic mass is 32.2. The van der Waals surface area contributed by atoms with Crippen molar-refractivity contribution < 1.29 is 9.53 Å². The monoisotopic (exact) mass is 565 g/mol. The minimum atomic E-state index is 0.0172. The first-order valence-corrected chi connectivity index (χ1v) is 15.5. The van der Waals surface area contributed by atoms with Crippen LogP contribution in [0, 0.1) is 0 Å². The number of ether oxygens (including phenoxy) is 1. The molecule has 41 heavy (non-hydrogen) atoms. The van der Waals surface area contributed by atoms with E-state index in [4.69, 9.17) is 9.84 Å². The summed E-state index contributed by atoms with van der Waals surface area (Å²) in [6.07, 6.45) is 4.84. The van der Waals surface area contributed by atoms with Crippen LogP contribution in [-0.2, 0) is 26.4 Å². The van der Waals surface area contributed by atoms with E-state index >= 15 is 0 Å². The van der Waals surface area contributed by atoms with E-state index in [9.17, 15) is 4.79 Å². The Hall–Kier alpha value is -3.91. The number of hydrogen-bond acceptors (Lipinski definition) is 5. The molecule has 2 aliphatic rings. The van der Waals surface area contributed by atoms with Crippen LogP contribution in [0.1, 0.15) is 60.4 Å². The van der Waals surface area contributed by atoms with Gasteiger partial charge in [-0.1, -0.05) is 13.8 Å². The van der Waals surface area contributed by atoms with Crippen LogP contribution in [0.5, 0.6) is 5.75 Å². The molecule has 5 aromatic rings. The van der Waals surface area contributed by atoms with E-state index in [0.29, 0.717) is 12.6 Å². The lowest BCUT2D eigenvalue weighted by Crippen LogP contribution is -2.15. The first kappa shape index (κ1) is 26.0. The maximum Gasteiger partial charge on any atom is 0.252 e. The van der Waals surface area contributed by atoms with Gasteiger partial charge in [0.15, 0.2) is 0 Å². The van der Waals surface area contributed by atoms with Crippen molar-refractivity contribution in [2.24, 2.45) is 7.05 Å². The van der Waals surface area contributed by atoms with Crippen LogP contribution in [-0.4, -0.2) is 33.1 Å². The average molecular weight is 566 g/mol. The van der Waals surface area contributed by atoms with Gasteiger partial charge in [-0.3, -0.25) is 9.48 Å². The number of hydrogen-bond donors (Lipinski definition) is 2.